The highest BCUT2D eigenvalue weighted by Crippen LogP contribution is 2.14. The fourth-order valence-electron chi connectivity index (χ4n) is 3.40. The number of nitrogens with one attached hydrogen (secondary N) is 1. The number of likely N-dealkylation sites (N-methyl/N-ethyl adjacent to an activating group) is 1. The third kappa shape index (κ3) is 5.16. The summed E-state index contributed by atoms with van der Waals surface area (Å²) in [6.45, 7) is 11.0. The second-order valence-corrected chi connectivity index (χ2v) is 7.06. The molecule has 0 aliphatic carbocycles. The van der Waals surface area contributed by atoms with E-state index in [1.165, 1.54) is 5.56 Å². The Hall–Kier alpha value is -2.17. The highest BCUT2D eigenvalue weighted by Gasteiger charge is 2.15. The van der Waals surface area contributed by atoms with E-state index in [1.54, 1.807) is 0 Å². The Balaban J connectivity index is 1.50. The Bertz CT molecular complexity index is 718. The predicted octanol–water partition coefficient (Wildman–Crippen LogP) is 3.31. The van der Waals surface area contributed by atoms with Crippen molar-refractivity contribution in [1.82, 2.24) is 9.80 Å². The molecule has 1 heterocycles. The lowest BCUT2D eigenvalue weighted by Crippen LogP contribution is -2.45. The second-order valence-electron chi connectivity index (χ2n) is 7.06. The molecule has 1 saturated heterocycles. The minimum absolute atomic E-state index is 0.0303. The van der Waals surface area contributed by atoms with Crippen molar-refractivity contribution >= 4 is 11.6 Å². The van der Waals surface area contributed by atoms with Crippen LogP contribution in [0.15, 0.2) is 48.5 Å². The molecule has 26 heavy (non-hydrogen) atoms. The molecule has 0 bridgehead atoms. The van der Waals surface area contributed by atoms with E-state index in [0.29, 0.717) is 6.42 Å². The fraction of sp³-hybridized carbons (Fsp3) is 0.409. The first-order valence-electron chi connectivity index (χ1n) is 9.52. The lowest BCUT2D eigenvalue weighted by molar-refractivity contribution is -0.115. The van der Waals surface area contributed by atoms with Gasteiger partial charge in [0.2, 0.25) is 5.91 Å². The number of piperazine rings is 1. The molecule has 4 heteroatoms. The van der Waals surface area contributed by atoms with E-state index in [4.69, 9.17) is 0 Å². The molecule has 0 radical (unpaired) electrons. The fourth-order valence-corrected chi connectivity index (χ4v) is 3.40. The van der Waals surface area contributed by atoms with Gasteiger partial charge in [-0.3, -0.25) is 9.69 Å². The van der Waals surface area contributed by atoms with Crippen molar-refractivity contribution < 1.29 is 4.79 Å². The van der Waals surface area contributed by atoms with Crippen LogP contribution in [0.2, 0.25) is 0 Å². The maximum absolute atomic E-state index is 12.3. The van der Waals surface area contributed by atoms with Gasteiger partial charge in [0.15, 0.2) is 0 Å². The van der Waals surface area contributed by atoms with Crippen LogP contribution in [0.4, 0.5) is 5.69 Å². The van der Waals surface area contributed by atoms with Gasteiger partial charge in [-0.2, -0.15) is 0 Å². The van der Waals surface area contributed by atoms with Gasteiger partial charge in [-0.05, 0) is 42.3 Å². The van der Waals surface area contributed by atoms with Crippen LogP contribution in [0, 0.1) is 6.92 Å². The first-order chi connectivity index (χ1) is 12.6. The van der Waals surface area contributed by atoms with E-state index >= 15 is 0 Å². The Morgan fingerprint density at radius 1 is 0.962 bits per heavy atom. The van der Waals surface area contributed by atoms with Crippen LogP contribution >= 0.6 is 0 Å². The third-order valence-corrected chi connectivity index (χ3v) is 5.17. The van der Waals surface area contributed by atoms with Gasteiger partial charge in [0.25, 0.3) is 0 Å². The molecule has 138 valence electrons. The molecule has 1 aliphatic rings. The standard InChI is InChI=1S/C22H29N3O/c1-3-24-12-14-25(15-13-24)17-19-8-10-21(11-9-19)23-22(26)16-20-7-5-4-6-18(20)2/h4-11H,3,12-17H2,1-2H3,(H,23,26). The van der Waals surface area contributed by atoms with E-state index < -0.39 is 0 Å². The maximum Gasteiger partial charge on any atom is 0.228 e. The average Bonchev–Trinajstić information content (AvgIpc) is 2.66. The van der Waals surface area contributed by atoms with E-state index in [0.717, 1.165) is 56.1 Å². The molecule has 1 aliphatic heterocycles. The molecule has 0 aromatic heterocycles. The Morgan fingerprint density at radius 2 is 1.62 bits per heavy atom. The summed E-state index contributed by atoms with van der Waals surface area (Å²) in [5.74, 6) is 0.0303. The predicted molar refractivity (Wildman–Crippen MR) is 107 cm³/mol. The summed E-state index contributed by atoms with van der Waals surface area (Å²) in [5, 5.41) is 3.00. The second kappa shape index (κ2) is 8.97. The van der Waals surface area contributed by atoms with Crippen molar-refractivity contribution in [2.24, 2.45) is 0 Å². The van der Waals surface area contributed by atoms with Gasteiger partial charge >= 0.3 is 0 Å². The molecular formula is C22H29N3O. The van der Waals surface area contributed by atoms with Crippen LogP contribution in [0.3, 0.4) is 0 Å². The van der Waals surface area contributed by atoms with Crippen LogP contribution in [-0.2, 0) is 17.8 Å². The molecular weight excluding hydrogens is 322 g/mol. The normalized spacial score (nSPS) is 15.8. The van der Waals surface area contributed by atoms with Crippen molar-refractivity contribution in [2.45, 2.75) is 26.8 Å². The van der Waals surface area contributed by atoms with Crippen molar-refractivity contribution in [3.8, 4) is 0 Å². The molecule has 0 saturated carbocycles. The number of hydrogen-bond donors (Lipinski definition) is 1. The number of benzene rings is 2. The van der Waals surface area contributed by atoms with Gasteiger partial charge in [-0.1, -0.05) is 43.3 Å². The van der Waals surface area contributed by atoms with Gasteiger partial charge in [0, 0.05) is 38.4 Å². The maximum atomic E-state index is 12.3. The molecule has 1 N–H and O–H groups in total. The lowest BCUT2D eigenvalue weighted by Gasteiger charge is -2.34. The largest absolute Gasteiger partial charge is 0.326 e. The smallest absolute Gasteiger partial charge is 0.228 e. The molecule has 4 nitrogen and oxygen atoms in total. The number of carbonyl (C=O) groups excluding carboxylic acids is 1. The zero-order chi connectivity index (χ0) is 18.4. The molecule has 0 spiro atoms. The highest BCUT2D eigenvalue weighted by molar-refractivity contribution is 5.92. The molecule has 1 fully saturated rings. The molecule has 3 rings (SSSR count). The molecule has 0 unspecified atom stereocenters. The summed E-state index contributed by atoms with van der Waals surface area (Å²) >= 11 is 0. The number of amides is 1. The SMILES string of the molecule is CCN1CCN(Cc2ccc(NC(=O)Cc3ccccc3C)cc2)CC1. The Kier molecular flexibility index (Phi) is 6.42. The van der Waals surface area contributed by atoms with Crippen LogP contribution in [0.25, 0.3) is 0 Å². The number of nitrogens with zero attached hydrogens (tertiary/aromatic N) is 2. The number of hydrogen-bond acceptors (Lipinski definition) is 3. The lowest BCUT2D eigenvalue weighted by atomic mass is 10.1. The van der Waals surface area contributed by atoms with Crippen LogP contribution < -0.4 is 5.32 Å². The quantitative estimate of drug-likeness (QED) is 0.867. The number of rotatable bonds is 6. The van der Waals surface area contributed by atoms with E-state index in [1.807, 2.05) is 43.3 Å². The summed E-state index contributed by atoms with van der Waals surface area (Å²) in [7, 11) is 0. The van der Waals surface area contributed by atoms with Crippen molar-refractivity contribution in [2.75, 3.05) is 38.0 Å². The van der Waals surface area contributed by atoms with Gasteiger partial charge in [-0.15, -0.1) is 0 Å². The summed E-state index contributed by atoms with van der Waals surface area (Å²) in [6, 6.07) is 16.3. The number of carbonyl (C=O) groups is 1. The average molecular weight is 351 g/mol. The van der Waals surface area contributed by atoms with Crippen molar-refractivity contribution in [1.29, 1.82) is 0 Å². The summed E-state index contributed by atoms with van der Waals surface area (Å²) < 4.78 is 0. The zero-order valence-corrected chi connectivity index (χ0v) is 15.9. The Morgan fingerprint density at radius 3 is 2.27 bits per heavy atom. The van der Waals surface area contributed by atoms with E-state index in [9.17, 15) is 4.79 Å². The first-order valence-corrected chi connectivity index (χ1v) is 9.52. The van der Waals surface area contributed by atoms with Crippen molar-refractivity contribution in [3.05, 3.63) is 65.2 Å². The van der Waals surface area contributed by atoms with Crippen LogP contribution in [0.1, 0.15) is 23.6 Å². The van der Waals surface area contributed by atoms with Gasteiger partial charge in [0.1, 0.15) is 0 Å². The van der Waals surface area contributed by atoms with Gasteiger partial charge < -0.3 is 10.2 Å². The van der Waals surface area contributed by atoms with Crippen LogP contribution in [-0.4, -0.2) is 48.4 Å². The van der Waals surface area contributed by atoms with E-state index in [2.05, 4.69) is 34.2 Å². The Labute approximate surface area is 156 Å². The summed E-state index contributed by atoms with van der Waals surface area (Å²) in [6.07, 6.45) is 0.413. The van der Waals surface area contributed by atoms with Gasteiger partial charge in [-0.25, -0.2) is 0 Å². The zero-order valence-electron chi connectivity index (χ0n) is 15.9. The first kappa shape index (κ1) is 18.6. The highest BCUT2D eigenvalue weighted by atomic mass is 16.1. The topological polar surface area (TPSA) is 35.6 Å². The van der Waals surface area contributed by atoms with Gasteiger partial charge in [0.05, 0.1) is 6.42 Å². The molecule has 2 aromatic rings. The minimum Gasteiger partial charge on any atom is -0.326 e. The molecule has 0 atom stereocenters. The minimum atomic E-state index is 0.0303. The van der Waals surface area contributed by atoms with Crippen LogP contribution in [0.5, 0.6) is 0 Å². The molecule has 2 aromatic carbocycles. The number of anilines is 1. The third-order valence-electron chi connectivity index (χ3n) is 5.17. The van der Waals surface area contributed by atoms with Crippen molar-refractivity contribution in [3.63, 3.8) is 0 Å². The summed E-state index contributed by atoms with van der Waals surface area (Å²) in [4.78, 5) is 17.3. The monoisotopic (exact) mass is 351 g/mol. The number of aryl methyl sites for hydroxylation is 1. The van der Waals surface area contributed by atoms with E-state index in [-0.39, 0.29) is 5.91 Å². The molecule has 1 amide bonds. The summed E-state index contributed by atoms with van der Waals surface area (Å²) in [5.41, 5.74) is 4.39.